The fraction of sp³-hybridized carbons (Fsp3) is 0.409. The van der Waals surface area contributed by atoms with E-state index >= 15 is 0 Å². The second-order valence-electron chi connectivity index (χ2n) is 6.70. The van der Waals surface area contributed by atoms with E-state index in [0.717, 1.165) is 37.2 Å². The van der Waals surface area contributed by atoms with Crippen LogP contribution in [0, 0.1) is 0 Å². The van der Waals surface area contributed by atoms with E-state index in [1.165, 1.54) is 12.8 Å². The van der Waals surface area contributed by atoms with Crippen LogP contribution in [0.4, 0.5) is 0 Å². The molecule has 0 unspecified atom stereocenters. The number of benzene rings is 2. The summed E-state index contributed by atoms with van der Waals surface area (Å²) in [7, 11) is 3.25. The minimum absolute atomic E-state index is 0.0854. The van der Waals surface area contributed by atoms with Crippen LogP contribution in [0.25, 0.3) is 0 Å². The van der Waals surface area contributed by atoms with Crippen molar-refractivity contribution in [1.82, 2.24) is 4.90 Å². The van der Waals surface area contributed by atoms with Gasteiger partial charge >= 0.3 is 0 Å². The summed E-state index contributed by atoms with van der Waals surface area (Å²) in [6, 6.07) is 13.0. The zero-order valence-electron chi connectivity index (χ0n) is 16.1. The first-order valence-corrected chi connectivity index (χ1v) is 9.44. The van der Waals surface area contributed by atoms with Crippen LogP contribution in [-0.4, -0.2) is 38.1 Å². The van der Waals surface area contributed by atoms with E-state index < -0.39 is 0 Å². The average Bonchev–Trinajstić information content (AvgIpc) is 3.01. The molecule has 5 nitrogen and oxygen atoms in total. The van der Waals surface area contributed by atoms with Crippen molar-refractivity contribution in [1.29, 1.82) is 0 Å². The number of hydrogen-bond acceptors (Lipinski definition) is 4. The first-order valence-electron chi connectivity index (χ1n) is 9.44. The molecule has 1 heterocycles. The Morgan fingerprint density at radius 2 is 1.67 bits per heavy atom. The van der Waals surface area contributed by atoms with Crippen LogP contribution < -0.4 is 14.2 Å². The van der Waals surface area contributed by atoms with E-state index in [-0.39, 0.29) is 5.91 Å². The van der Waals surface area contributed by atoms with Crippen molar-refractivity contribution in [3.05, 3.63) is 53.6 Å². The highest BCUT2D eigenvalue weighted by Crippen LogP contribution is 2.25. The van der Waals surface area contributed by atoms with Gasteiger partial charge in [-0.1, -0.05) is 18.9 Å². The number of likely N-dealkylation sites (tertiary alicyclic amines) is 1. The van der Waals surface area contributed by atoms with Gasteiger partial charge in [-0.05, 0) is 43.2 Å². The van der Waals surface area contributed by atoms with Crippen LogP contribution in [0.15, 0.2) is 42.5 Å². The molecule has 27 heavy (non-hydrogen) atoms. The molecule has 0 bridgehead atoms. The molecule has 0 N–H and O–H groups in total. The Morgan fingerprint density at radius 1 is 0.926 bits per heavy atom. The monoisotopic (exact) mass is 369 g/mol. The number of carbonyl (C=O) groups is 1. The lowest BCUT2D eigenvalue weighted by Gasteiger charge is -2.21. The molecular formula is C22H27NO4. The number of methoxy groups -OCH3 is 2. The van der Waals surface area contributed by atoms with Crippen molar-refractivity contribution in [2.24, 2.45) is 0 Å². The van der Waals surface area contributed by atoms with Crippen LogP contribution in [0.3, 0.4) is 0 Å². The molecule has 1 aliphatic rings. The molecule has 2 aromatic rings. The molecule has 144 valence electrons. The lowest BCUT2D eigenvalue weighted by atomic mass is 10.1. The zero-order valence-corrected chi connectivity index (χ0v) is 16.1. The van der Waals surface area contributed by atoms with E-state index in [0.29, 0.717) is 23.7 Å². The van der Waals surface area contributed by atoms with Crippen LogP contribution >= 0.6 is 0 Å². The van der Waals surface area contributed by atoms with Gasteiger partial charge in [0, 0.05) is 30.3 Å². The minimum Gasteiger partial charge on any atom is -0.497 e. The number of nitrogens with zero attached hydrogens (tertiary/aromatic N) is 1. The maximum atomic E-state index is 12.9. The molecule has 0 radical (unpaired) electrons. The summed E-state index contributed by atoms with van der Waals surface area (Å²) < 4.78 is 16.6. The van der Waals surface area contributed by atoms with E-state index in [9.17, 15) is 4.79 Å². The Morgan fingerprint density at radius 3 is 2.37 bits per heavy atom. The van der Waals surface area contributed by atoms with Gasteiger partial charge in [0.15, 0.2) is 0 Å². The van der Waals surface area contributed by atoms with Crippen LogP contribution in [0.2, 0.25) is 0 Å². The van der Waals surface area contributed by atoms with E-state index in [4.69, 9.17) is 14.2 Å². The third-order valence-electron chi connectivity index (χ3n) is 4.86. The highest BCUT2D eigenvalue weighted by atomic mass is 16.5. The predicted molar refractivity (Wildman–Crippen MR) is 105 cm³/mol. The molecule has 1 saturated heterocycles. The predicted octanol–water partition coefficient (Wildman–Crippen LogP) is 4.30. The summed E-state index contributed by atoms with van der Waals surface area (Å²) in [6.07, 6.45) is 4.56. The van der Waals surface area contributed by atoms with Gasteiger partial charge < -0.3 is 19.1 Å². The standard InChI is InChI=1S/C22H27NO4/c1-25-19-8-7-9-20(15-19)27-16-18-14-17(10-11-21(18)26-2)22(24)23-12-5-3-4-6-13-23/h7-11,14-15H,3-6,12-13,16H2,1-2H3. The second kappa shape index (κ2) is 9.31. The number of hydrogen-bond donors (Lipinski definition) is 0. The van der Waals surface area contributed by atoms with Gasteiger partial charge in [-0.2, -0.15) is 0 Å². The quantitative estimate of drug-likeness (QED) is 0.762. The summed E-state index contributed by atoms with van der Waals surface area (Å²) in [5.41, 5.74) is 1.53. The lowest BCUT2D eigenvalue weighted by Crippen LogP contribution is -2.31. The fourth-order valence-electron chi connectivity index (χ4n) is 3.33. The van der Waals surface area contributed by atoms with Gasteiger partial charge in [-0.15, -0.1) is 0 Å². The van der Waals surface area contributed by atoms with Gasteiger partial charge in [0.25, 0.3) is 5.91 Å². The SMILES string of the molecule is COc1cccc(OCc2cc(C(=O)N3CCCCCC3)ccc2OC)c1. The highest BCUT2D eigenvalue weighted by molar-refractivity contribution is 5.94. The van der Waals surface area contributed by atoms with E-state index in [1.54, 1.807) is 14.2 Å². The molecule has 2 aromatic carbocycles. The van der Waals surface area contributed by atoms with Crippen LogP contribution in [0.5, 0.6) is 17.2 Å². The summed E-state index contributed by atoms with van der Waals surface area (Å²) >= 11 is 0. The van der Waals surface area contributed by atoms with Crippen molar-refractivity contribution in [3.8, 4) is 17.2 Å². The molecular weight excluding hydrogens is 342 g/mol. The Hall–Kier alpha value is -2.69. The molecule has 0 aromatic heterocycles. The Kier molecular flexibility index (Phi) is 6.58. The molecule has 1 fully saturated rings. The highest BCUT2D eigenvalue weighted by Gasteiger charge is 2.18. The van der Waals surface area contributed by atoms with Crippen LogP contribution in [0.1, 0.15) is 41.6 Å². The Labute approximate surface area is 160 Å². The summed E-state index contributed by atoms with van der Waals surface area (Å²) in [4.78, 5) is 14.8. The molecule has 0 saturated carbocycles. The molecule has 5 heteroatoms. The molecule has 0 spiro atoms. The van der Waals surface area contributed by atoms with Crippen molar-refractivity contribution < 1.29 is 19.0 Å². The molecule has 0 atom stereocenters. The number of amides is 1. The third-order valence-corrected chi connectivity index (χ3v) is 4.86. The van der Waals surface area contributed by atoms with E-state index in [2.05, 4.69) is 0 Å². The summed E-state index contributed by atoms with van der Waals surface area (Å²) in [5, 5.41) is 0. The van der Waals surface area contributed by atoms with Crippen molar-refractivity contribution in [2.45, 2.75) is 32.3 Å². The topological polar surface area (TPSA) is 48.0 Å². The first-order chi connectivity index (χ1) is 13.2. The van der Waals surface area contributed by atoms with Gasteiger partial charge in [-0.3, -0.25) is 4.79 Å². The second-order valence-corrected chi connectivity index (χ2v) is 6.70. The fourth-order valence-corrected chi connectivity index (χ4v) is 3.33. The maximum Gasteiger partial charge on any atom is 0.253 e. The van der Waals surface area contributed by atoms with Gasteiger partial charge in [0.05, 0.1) is 14.2 Å². The Bertz CT molecular complexity index is 767. The summed E-state index contributed by atoms with van der Waals surface area (Å²) in [5.74, 6) is 2.25. The van der Waals surface area contributed by atoms with E-state index in [1.807, 2.05) is 47.4 Å². The Balaban J connectivity index is 1.75. The smallest absolute Gasteiger partial charge is 0.253 e. The first kappa shape index (κ1) is 19.1. The zero-order chi connectivity index (χ0) is 19.1. The third kappa shape index (κ3) is 4.94. The number of ether oxygens (including phenoxy) is 3. The minimum atomic E-state index is 0.0854. The molecule has 1 aliphatic heterocycles. The molecule has 1 amide bonds. The largest absolute Gasteiger partial charge is 0.497 e. The van der Waals surface area contributed by atoms with Gasteiger partial charge in [0.1, 0.15) is 23.9 Å². The maximum absolute atomic E-state index is 12.9. The van der Waals surface area contributed by atoms with Gasteiger partial charge in [-0.25, -0.2) is 0 Å². The van der Waals surface area contributed by atoms with Crippen molar-refractivity contribution >= 4 is 5.91 Å². The average molecular weight is 369 g/mol. The van der Waals surface area contributed by atoms with Crippen LogP contribution in [-0.2, 0) is 6.61 Å². The van der Waals surface area contributed by atoms with Gasteiger partial charge in [0.2, 0.25) is 0 Å². The van der Waals surface area contributed by atoms with Crippen molar-refractivity contribution in [3.63, 3.8) is 0 Å². The molecule has 0 aliphatic carbocycles. The summed E-state index contributed by atoms with van der Waals surface area (Å²) in [6.45, 7) is 1.98. The lowest BCUT2D eigenvalue weighted by molar-refractivity contribution is 0.0761. The molecule has 3 rings (SSSR count). The normalized spacial score (nSPS) is 14.4. The van der Waals surface area contributed by atoms with Crippen molar-refractivity contribution in [2.75, 3.05) is 27.3 Å². The number of rotatable bonds is 6. The number of carbonyl (C=O) groups excluding carboxylic acids is 1.